The highest BCUT2D eigenvalue weighted by Gasteiger charge is 2.26. The minimum atomic E-state index is 0.429. The molecule has 1 saturated carbocycles. The third-order valence-corrected chi connectivity index (χ3v) is 3.01. The average molecular weight is 184 g/mol. The van der Waals surface area contributed by atoms with Crippen molar-refractivity contribution >= 4 is 0 Å². The smallest absolute Gasteiger partial charge is 0.00963 e. The first-order chi connectivity index (χ1) is 6.27. The highest BCUT2D eigenvalue weighted by molar-refractivity contribution is 4.83. The molecule has 2 heteroatoms. The molecule has 1 atom stereocenters. The molecule has 78 valence electrons. The van der Waals surface area contributed by atoms with Crippen molar-refractivity contribution in [1.82, 2.24) is 4.90 Å². The van der Waals surface area contributed by atoms with Crippen molar-refractivity contribution in [3.05, 3.63) is 0 Å². The summed E-state index contributed by atoms with van der Waals surface area (Å²) in [5, 5.41) is 0. The molecular weight excluding hydrogens is 160 g/mol. The number of rotatable bonds is 7. The van der Waals surface area contributed by atoms with Gasteiger partial charge in [0.05, 0.1) is 0 Å². The van der Waals surface area contributed by atoms with Crippen molar-refractivity contribution in [2.75, 3.05) is 13.1 Å². The molecule has 0 aromatic heterocycles. The van der Waals surface area contributed by atoms with E-state index in [1.807, 2.05) is 0 Å². The molecule has 0 heterocycles. The predicted molar refractivity (Wildman–Crippen MR) is 57.8 cm³/mol. The second kappa shape index (κ2) is 5.61. The van der Waals surface area contributed by atoms with Crippen molar-refractivity contribution < 1.29 is 0 Å². The van der Waals surface area contributed by atoms with Crippen LogP contribution in [0, 0.1) is 0 Å². The minimum Gasteiger partial charge on any atom is -0.328 e. The van der Waals surface area contributed by atoms with Gasteiger partial charge >= 0.3 is 0 Å². The Balaban J connectivity index is 2.02. The molecule has 2 N–H and O–H groups in total. The lowest BCUT2D eigenvalue weighted by molar-refractivity contribution is 0.268. The van der Waals surface area contributed by atoms with E-state index in [0.717, 1.165) is 12.5 Å². The Bertz CT molecular complexity index is 132. The lowest BCUT2D eigenvalue weighted by Gasteiger charge is -2.20. The summed E-state index contributed by atoms with van der Waals surface area (Å²) in [6.45, 7) is 6.90. The Morgan fingerprint density at radius 2 is 2.08 bits per heavy atom. The summed E-state index contributed by atoms with van der Waals surface area (Å²) >= 11 is 0. The Kier molecular flexibility index (Phi) is 4.74. The zero-order chi connectivity index (χ0) is 9.68. The van der Waals surface area contributed by atoms with Crippen LogP contribution in [0.5, 0.6) is 0 Å². The van der Waals surface area contributed by atoms with Crippen LogP contribution in [-0.2, 0) is 0 Å². The molecule has 1 aliphatic carbocycles. The van der Waals surface area contributed by atoms with Gasteiger partial charge in [-0.2, -0.15) is 0 Å². The van der Waals surface area contributed by atoms with Crippen LogP contribution in [0.4, 0.5) is 0 Å². The van der Waals surface area contributed by atoms with Crippen LogP contribution < -0.4 is 5.73 Å². The van der Waals surface area contributed by atoms with Crippen LogP contribution >= 0.6 is 0 Å². The maximum Gasteiger partial charge on any atom is 0.00963 e. The van der Waals surface area contributed by atoms with Crippen LogP contribution in [0.3, 0.4) is 0 Å². The lowest BCUT2D eigenvalue weighted by atomic mass is 10.1. The molecule has 0 aromatic rings. The molecule has 13 heavy (non-hydrogen) atoms. The summed E-state index contributed by atoms with van der Waals surface area (Å²) in [5.74, 6) is 0. The largest absolute Gasteiger partial charge is 0.328 e. The Hall–Kier alpha value is -0.0800. The van der Waals surface area contributed by atoms with Crippen molar-refractivity contribution in [2.24, 2.45) is 5.73 Å². The molecule has 1 fully saturated rings. The fraction of sp³-hybridized carbons (Fsp3) is 1.00. The molecule has 1 unspecified atom stereocenters. The Labute approximate surface area is 82.5 Å². The molecular formula is C11H24N2. The Morgan fingerprint density at radius 3 is 2.54 bits per heavy atom. The monoisotopic (exact) mass is 184 g/mol. The first-order valence-electron chi connectivity index (χ1n) is 5.77. The van der Waals surface area contributed by atoms with E-state index in [1.54, 1.807) is 0 Å². The van der Waals surface area contributed by atoms with Crippen molar-refractivity contribution in [3.8, 4) is 0 Å². The second-order valence-electron chi connectivity index (χ2n) is 4.17. The molecule has 2 nitrogen and oxygen atoms in total. The third kappa shape index (κ3) is 4.10. The van der Waals surface area contributed by atoms with Gasteiger partial charge in [0.2, 0.25) is 0 Å². The van der Waals surface area contributed by atoms with Crippen LogP contribution in [0.2, 0.25) is 0 Å². The van der Waals surface area contributed by atoms with E-state index in [2.05, 4.69) is 18.7 Å². The van der Waals surface area contributed by atoms with Gasteiger partial charge in [-0.1, -0.05) is 13.8 Å². The summed E-state index contributed by atoms with van der Waals surface area (Å²) in [6, 6.07) is 1.35. The van der Waals surface area contributed by atoms with Crippen molar-refractivity contribution in [1.29, 1.82) is 0 Å². The fourth-order valence-electron chi connectivity index (χ4n) is 1.80. The quantitative estimate of drug-likeness (QED) is 0.655. The summed E-state index contributed by atoms with van der Waals surface area (Å²) < 4.78 is 0. The van der Waals surface area contributed by atoms with Crippen LogP contribution in [-0.4, -0.2) is 30.1 Å². The van der Waals surface area contributed by atoms with Crippen molar-refractivity contribution in [2.45, 2.75) is 58.0 Å². The second-order valence-corrected chi connectivity index (χ2v) is 4.17. The highest BCUT2D eigenvalue weighted by atomic mass is 15.2. The maximum absolute atomic E-state index is 5.87. The van der Waals surface area contributed by atoms with Gasteiger partial charge < -0.3 is 10.6 Å². The number of nitrogens with two attached hydrogens (primary N) is 1. The van der Waals surface area contributed by atoms with Crippen LogP contribution in [0.25, 0.3) is 0 Å². The lowest BCUT2D eigenvalue weighted by Crippen LogP contribution is -2.28. The first-order valence-corrected chi connectivity index (χ1v) is 5.77. The van der Waals surface area contributed by atoms with Crippen molar-refractivity contribution in [3.63, 3.8) is 0 Å². The van der Waals surface area contributed by atoms with Gasteiger partial charge in [0.1, 0.15) is 0 Å². The van der Waals surface area contributed by atoms with Gasteiger partial charge in [0.15, 0.2) is 0 Å². The van der Waals surface area contributed by atoms with Gasteiger partial charge in [-0.05, 0) is 45.2 Å². The topological polar surface area (TPSA) is 29.3 Å². The SMILES string of the molecule is CCC(N)CCCN(CC)C1CC1. The van der Waals surface area contributed by atoms with Crippen LogP contribution in [0.15, 0.2) is 0 Å². The summed E-state index contributed by atoms with van der Waals surface area (Å²) in [7, 11) is 0. The van der Waals surface area contributed by atoms with E-state index in [-0.39, 0.29) is 0 Å². The fourth-order valence-corrected chi connectivity index (χ4v) is 1.80. The molecule has 0 saturated heterocycles. The van der Waals surface area contributed by atoms with Gasteiger partial charge in [0.25, 0.3) is 0 Å². The van der Waals surface area contributed by atoms with E-state index in [9.17, 15) is 0 Å². The number of nitrogens with zero attached hydrogens (tertiary/aromatic N) is 1. The zero-order valence-electron chi connectivity index (χ0n) is 9.13. The molecule has 0 amide bonds. The molecule has 0 spiro atoms. The molecule has 0 radical (unpaired) electrons. The number of hydrogen-bond donors (Lipinski definition) is 1. The third-order valence-electron chi connectivity index (χ3n) is 3.01. The molecule has 0 aromatic carbocycles. The normalized spacial score (nSPS) is 19.4. The van der Waals surface area contributed by atoms with Gasteiger partial charge in [0, 0.05) is 12.1 Å². The maximum atomic E-state index is 5.87. The summed E-state index contributed by atoms with van der Waals surface area (Å²) in [5.41, 5.74) is 5.87. The van der Waals surface area contributed by atoms with Gasteiger partial charge in [-0.15, -0.1) is 0 Å². The molecule has 1 rings (SSSR count). The van der Waals surface area contributed by atoms with Gasteiger partial charge in [-0.3, -0.25) is 0 Å². The van der Waals surface area contributed by atoms with E-state index in [1.165, 1.54) is 38.8 Å². The van der Waals surface area contributed by atoms with E-state index in [4.69, 9.17) is 5.73 Å². The molecule has 0 bridgehead atoms. The summed E-state index contributed by atoms with van der Waals surface area (Å²) in [4.78, 5) is 2.60. The molecule has 0 aliphatic heterocycles. The van der Waals surface area contributed by atoms with Gasteiger partial charge in [-0.25, -0.2) is 0 Å². The number of hydrogen-bond acceptors (Lipinski definition) is 2. The highest BCUT2D eigenvalue weighted by Crippen LogP contribution is 2.26. The van der Waals surface area contributed by atoms with Crippen LogP contribution in [0.1, 0.15) is 46.0 Å². The zero-order valence-corrected chi connectivity index (χ0v) is 9.13. The minimum absolute atomic E-state index is 0.429. The predicted octanol–water partition coefficient (Wildman–Crippen LogP) is 1.99. The van der Waals surface area contributed by atoms with E-state index in [0.29, 0.717) is 6.04 Å². The first kappa shape index (κ1) is 11.0. The van der Waals surface area contributed by atoms with E-state index >= 15 is 0 Å². The average Bonchev–Trinajstić information content (AvgIpc) is 2.95. The van der Waals surface area contributed by atoms with E-state index < -0.39 is 0 Å². The molecule has 1 aliphatic rings. The Morgan fingerprint density at radius 1 is 1.38 bits per heavy atom. The standard InChI is InChI=1S/C11H24N2/c1-3-10(12)6-5-9-13(4-2)11-7-8-11/h10-11H,3-9,12H2,1-2H3. The summed E-state index contributed by atoms with van der Waals surface area (Å²) in [6.07, 6.45) is 6.44.